The van der Waals surface area contributed by atoms with E-state index in [0.717, 1.165) is 38.9 Å². The van der Waals surface area contributed by atoms with Gasteiger partial charge < -0.3 is 38.8 Å². The van der Waals surface area contributed by atoms with Crippen molar-refractivity contribution >= 4 is 18.0 Å². The van der Waals surface area contributed by atoms with Gasteiger partial charge in [0.1, 0.15) is 36.9 Å². The zero-order chi connectivity index (χ0) is 40.7. The molecule has 2 N–H and O–H groups in total. The molecule has 6 rings (SSSR count). The molecule has 5 aromatic rings. The quantitative estimate of drug-likeness (QED) is 0.0428. The average molecular weight is 788 g/mol. The van der Waals surface area contributed by atoms with Crippen LogP contribution in [0.25, 0.3) is 11.1 Å². The van der Waals surface area contributed by atoms with Gasteiger partial charge in [-0.05, 0) is 76.1 Å². The minimum absolute atomic E-state index is 0.00513. The molecule has 0 aliphatic heterocycles. The number of benzene rings is 5. The first-order chi connectivity index (χ1) is 28.3. The summed E-state index contributed by atoms with van der Waals surface area (Å²) < 4.78 is 34.3. The van der Waals surface area contributed by atoms with E-state index in [1.54, 1.807) is 14.2 Å². The number of fused-ring (bicyclic) bond motifs is 3. The van der Waals surface area contributed by atoms with Crippen LogP contribution in [0.2, 0.25) is 0 Å². The second kappa shape index (κ2) is 20.3. The van der Waals surface area contributed by atoms with Crippen LogP contribution in [0.3, 0.4) is 0 Å². The van der Waals surface area contributed by atoms with Crippen molar-refractivity contribution in [2.24, 2.45) is 5.92 Å². The predicted octanol–water partition coefficient (Wildman–Crippen LogP) is 7.98. The van der Waals surface area contributed by atoms with Crippen LogP contribution in [-0.4, -0.2) is 76.9 Å². The lowest BCUT2D eigenvalue weighted by Crippen LogP contribution is -2.35. The summed E-state index contributed by atoms with van der Waals surface area (Å²) in [5.74, 6) is -0.778. The second-order valence-corrected chi connectivity index (χ2v) is 14.0. The largest absolute Gasteiger partial charge is 0.497 e. The number of amides is 1. The number of methoxy groups -OCH3 is 2. The molecule has 1 aliphatic rings. The fourth-order valence-electron chi connectivity index (χ4n) is 7.40. The number of carboxylic acids is 1. The summed E-state index contributed by atoms with van der Waals surface area (Å²) in [7, 11) is 3.23. The van der Waals surface area contributed by atoms with Crippen LogP contribution in [0, 0.1) is 5.92 Å². The molecule has 0 saturated heterocycles. The monoisotopic (exact) mass is 787 g/mol. The first-order valence-corrected chi connectivity index (χ1v) is 19.3. The summed E-state index contributed by atoms with van der Waals surface area (Å²) in [4.78, 5) is 36.3. The molecule has 0 aromatic heterocycles. The van der Waals surface area contributed by atoms with Gasteiger partial charge in [-0.15, -0.1) is 0 Å². The Labute approximate surface area is 338 Å². The van der Waals surface area contributed by atoms with Crippen LogP contribution in [0.15, 0.2) is 127 Å². The van der Waals surface area contributed by atoms with E-state index in [9.17, 15) is 14.4 Å². The molecule has 58 heavy (non-hydrogen) atoms. The highest BCUT2D eigenvalue weighted by Gasteiger charge is 2.39. The van der Waals surface area contributed by atoms with Gasteiger partial charge >= 0.3 is 18.0 Å². The van der Waals surface area contributed by atoms with Crippen molar-refractivity contribution in [3.63, 3.8) is 0 Å². The van der Waals surface area contributed by atoms with E-state index < -0.39 is 36.8 Å². The summed E-state index contributed by atoms with van der Waals surface area (Å²) in [6.45, 7) is -0.302. The van der Waals surface area contributed by atoms with E-state index in [1.807, 2.05) is 103 Å². The number of nitrogens with one attached hydrogen (secondary N) is 1. The van der Waals surface area contributed by atoms with E-state index >= 15 is 0 Å². The molecule has 1 atom stereocenters. The minimum Gasteiger partial charge on any atom is -0.497 e. The molecular formula is C47H49NO10. The van der Waals surface area contributed by atoms with Crippen LogP contribution >= 0.6 is 0 Å². The summed E-state index contributed by atoms with van der Waals surface area (Å²) >= 11 is 0. The lowest BCUT2D eigenvalue weighted by atomic mass is 9.79. The van der Waals surface area contributed by atoms with Gasteiger partial charge in [-0.25, -0.2) is 14.4 Å². The van der Waals surface area contributed by atoms with Crippen molar-refractivity contribution in [3.05, 3.63) is 155 Å². The van der Waals surface area contributed by atoms with Gasteiger partial charge in [0.2, 0.25) is 0 Å². The SMILES string of the molecule is COc1ccc(C(OCC(CCCCNC(=O)OCC2c3ccccc3-c3ccccc32)COC(=O)COCC(=O)O)(c2ccccc2)c2ccc(OC)cc2)cc1. The van der Waals surface area contributed by atoms with Crippen molar-refractivity contribution < 1.29 is 47.9 Å². The van der Waals surface area contributed by atoms with Gasteiger partial charge in [0.05, 0.1) is 27.4 Å². The van der Waals surface area contributed by atoms with Crippen molar-refractivity contribution in [1.82, 2.24) is 5.32 Å². The van der Waals surface area contributed by atoms with E-state index in [0.29, 0.717) is 37.3 Å². The third kappa shape index (κ3) is 10.2. The van der Waals surface area contributed by atoms with Gasteiger partial charge in [0, 0.05) is 18.4 Å². The zero-order valence-corrected chi connectivity index (χ0v) is 32.8. The molecule has 1 amide bonds. The van der Waals surface area contributed by atoms with Crippen LogP contribution in [0.1, 0.15) is 53.0 Å². The maximum absolute atomic E-state index is 12.8. The van der Waals surface area contributed by atoms with Gasteiger partial charge in [0.25, 0.3) is 0 Å². The first-order valence-electron chi connectivity index (χ1n) is 19.3. The molecule has 5 aromatic carbocycles. The number of hydrogen-bond acceptors (Lipinski definition) is 9. The molecule has 0 heterocycles. The number of hydrogen-bond donors (Lipinski definition) is 2. The molecule has 0 fully saturated rings. The highest BCUT2D eigenvalue weighted by molar-refractivity contribution is 5.79. The van der Waals surface area contributed by atoms with Gasteiger partial charge in [-0.2, -0.15) is 0 Å². The molecule has 11 nitrogen and oxygen atoms in total. The van der Waals surface area contributed by atoms with Crippen molar-refractivity contribution in [1.29, 1.82) is 0 Å². The number of carboxylic acid groups (broad SMARTS) is 1. The van der Waals surface area contributed by atoms with Crippen molar-refractivity contribution in [3.8, 4) is 22.6 Å². The van der Waals surface area contributed by atoms with E-state index in [-0.39, 0.29) is 31.7 Å². The Morgan fingerprint density at radius 1 is 0.655 bits per heavy atom. The molecule has 0 spiro atoms. The lowest BCUT2D eigenvalue weighted by molar-refractivity contribution is -0.154. The van der Waals surface area contributed by atoms with Crippen LogP contribution < -0.4 is 14.8 Å². The third-order valence-electron chi connectivity index (χ3n) is 10.3. The number of ether oxygens (including phenoxy) is 6. The number of aliphatic carboxylic acids is 1. The zero-order valence-electron chi connectivity index (χ0n) is 32.8. The smallest absolute Gasteiger partial charge is 0.407 e. The Kier molecular flexibility index (Phi) is 14.5. The average Bonchev–Trinajstić information content (AvgIpc) is 3.58. The summed E-state index contributed by atoms with van der Waals surface area (Å²) in [6, 6.07) is 41.7. The minimum atomic E-state index is -1.18. The highest BCUT2D eigenvalue weighted by Crippen LogP contribution is 2.45. The van der Waals surface area contributed by atoms with Crippen molar-refractivity contribution in [2.45, 2.75) is 30.8 Å². The highest BCUT2D eigenvalue weighted by atomic mass is 16.6. The molecule has 1 aliphatic carbocycles. The number of rotatable bonds is 21. The normalized spacial score (nSPS) is 12.5. The van der Waals surface area contributed by atoms with E-state index in [1.165, 1.54) is 0 Å². The lowest BCUT2D eigenvalue weighted by Gasteiger charge is -2.37. The Morgan fingerprint density at radius 2 is 1.21 bits per heavy atom. The number of unbranched alkanes of at least 4 members (excludes halogenated alkanes) is 1. The number of alkyl carbamates (subject to hydrolysis) is 1. The molecule has 0 saturated carbocycles. The van der Waals surface area contributed by atoms with Crippen LogP contribution in [0.4, 0.5) is 4.79 Å². The van der Waals surface area contributed by atoms with Crippen LogP contribution in [0.5, 0.6) is 11.5 Å². The standard InChI is InChI=1S/C47H49NO10/c1-53-37-23-19-35(20-24-37)47(34-13-4-3-5-14-34,36-21-25-38(54-2)26-22-36)58-29-33(28-56-45(51)32-55-31-44(49)50)12-10-11-27-48-46(52)57-30-43-41-17-8-6-15-39(41)40-16-7-9-18-42(40)43/h3-9,13-26,33,43H,10-12,27-32H2,1-2H3,(H,48,52)(H,49,50). The molecule has 302 valence electrons. The topological polar surface area (TPSA) is 139 Å². The summed E-state index contributed by atoms with van der Waals surface area (Å²) in [6.07, 6.45) is 1.42. The number of carbonyl (C=O) groups is 3. The van der Waals surface area contributed by atoms with Gasteiger partial charge in [0.15, 0.2) is 0 Å². The molecule has 0 bridgehead atoms. The number of carbonyl (C=O) groups excluding carboxylic acids is 2. The second-order valence-electron chi connectivity index (χ2n) is 14.0. The predicted molar refractivity (Wildman–Crippen MR) is 218 cm³/mol. The Hall–Kier alpha value is -6.17. The molecule has 0 radical (unpaired) electrons. The molecule has 1 unspecified atom stereocenters. The number of esters is 1. The fraction of sp³-hybridized carbons (Fsp3) is 0.298. The van der Waals surface area contributed by atoms with Crippen LogP contribution in [-0.2, 0) is 34.1 Å². The molecule has 11 heteroatoms. The van der Waals surface area contributed by atoms with Gasteiger partial charge in [-0.3, -0.25) is 0 Å². The van der Waals surface area contributed by atoms with Crippen molar-refractivity contribution in [2.75, 3.05) is 53.8 Å². The Morgan fingerprint density at radius 3 is 1.78 bits per heavy atom. The van der Waals surface area contributed by atoms with E-state index in [2.05, 4.69) is 29.6 Å². The van der Waals surface area contributed by atoms with E-state index in [4.69, 9.17) is 33.5 Å². The third-order valence-corrected chi connectivity index (χ3v) is 10.3. The maximum Gasteiger partial charge on any atom is 0.407 e. The molecular weight excluding hydrogens is 739 g/mol. The Bertz CT molecular complexity index is 2010. The Balaban J connectivity index is 1.13. The summed E-state index contributed by atoms with van der Waals surface area (Å²) in [5.41, 5.74) is 6.14. The van der Waals surface area contributed by atoms with Gasteiger partial charge in [-0.1, -0.05) is 110 Å². The summed E-state index contributed by atoms with van der Waals surface area (Å²) in [5, 5.41) is 11.8. The maximum atomic E-state index is 12.8. The fourth-order valence-corrected chi connectivity index (χ4v) is 7.40. The first kappa shape index (κ1) is 41.5.